The molecule has 1 aromatic carbocycles. The van der Waals surface area contributed by atoms with Crippen molar-refractivity contribution >= 4 is 11.6 Å². The fourth-order valence-electron chi connectivity index (χ4n) is 2.15. The van der Waals surface area contributed by atoms with Crippen LogP contribution in [0.25, 0.3) is 0 Å². The molecule has 0 bridgehead atoms. The Balaban J connectivity index is 2.10. The van der Waals surface area contributed by atoms with Crippen molar-refractivity contribution in [2.45, 2.75) is 40.2 Å². The number of hydrogen-bond acceptors (Lipinski definition) is 4. The Labute approximate surface area is 127 Å². The van der Waals surface area contributed by atoms with Crippen LogP contribution in [0.2, 0.25) is 0 Å². The first kappa shape index (κ1) is 15.3. The largest absolute Gasteiger partial charge is 0.370 e. The normalized spacial score (nSPS) is 12.0. The number of aryl methyl sites for hydroxylation is 2. The van der Waals surface area contributed by atoms with Crippen molar-refractivity contribution in [1.82, 2.24) is 9.97 Å². The monoisotopic (exact) mass is 284 g/mol. The highest BCUT2D eigenvalue weighted by molar-refractivity contribution is 5.48. The Morgan fingerprint density at radius 1 is 1.05 bits per heavy atom. The maximum Gasteiger partial charge on any atom is 0.132 e. The number of rotatable bonds is 6. The molecular formula is C17H24N4. The summed E-state index contributed by atoms with van der Waals surface area (Å²) >= 11 is 0. The molecule has 0 aliphatic carbocycles. The van der Waals surface area contributed by atoms with E-state index in [-0.39, 0.29) is 6.04 Å². The van der Waals surface area contributed by atoms with E-state index in [1.165, 1.54) is 11.1 Å². The molecule has 0 saturated heterocycles. The van der Waals surface area contributed by atoms with Crippen LogP contribution in [0.5, 0.6) is 0 Å². The second-order valence-corrected chi connectivity index (χ2v) is 5.39. The third kappa shape index (κ3) is 4.45. The maximum atomic E-state index is 4.46. The summed E-state index contributed by atoms with van der Waals surface area (Å²) in [4.78, 5) is 8.86. The molecular weight excluding hydrogens is 260 g/mol. The van der Waals surface area contributed by atoms with Gasteiger partial charge in [-0.1, -0.05) is 36.8 Å². The number of nitrogens with one attached hydrogen (secondary N) is 2. The van der Waals surface area contributed by atoms with Gasteiger partial charge >= 0.3 is 0 Å². The average Bonchev–Trinajstić information content (AvgIpc) is 2.45. The van der Waals surface area contributed by atoms with Gasteiger partial charge in [-0.15, -0.1) is 0 Å². The maximum absolute atomic E-state index is 4.46. The Morgan fingerprint density at radius 3 is 2.38 bits per heavy atom. The predicted molar refractivity (Wildman–Crippen MR) is 88.8 cm³/mol. The molecule has 1 heterocycles. The molecule has 0 aliphatic heterocycles. The summed E-state index contributed by atoms with van der Waals surface area (Å²) in [6.45, 7) is 9.21. The summed E-state index contributed by atoms with van der Waals surface area (Å²) < 4.78 is 0. The molecule has 112 valence electrons. The van der Waals surface area contributed by atoms with E-state index in [2.05, 4.69) is 65.6 Å². The van der Waals surface area contributed by atoms with Crippen LogP contribution in [0.15, 0.2) is 30.3 Å². The molecule has 4 heteroatoms. The number of anilines is 2. The zero-order valence-corrected chi connectivity index (χ0v) is 13.3. The van der Waals surface area contributed by atoms with E-state index in [4.69, 9.17) is 0 Å². The van der Waals surface area contributed by atoms with Gasteiger partial charge in [0, 0.05) is 18.7 Å². The van der Waals surface area contributed by atoms with Crippen molar-refractivity contribution in [2.24, 2.45) is 0 Å². The predicted octanol–water partition coefficient (Wildman–Crippen LogP) is 4.09. The minimum absolute atomic E-state index is 0.207. The smallest absolute Gasteiger partial charge is 0.132 e. The lowest BCUT2D eigenvalue weighted by molar-refractivity contribution is 0.865. The van der Waals surface area contributed by atoms with Gasteiger partial charge in [-0.25, -0.2) is 9.97 Å². The Bertz CT molecular complexity index is 578. The van der Waals surface area contributed by atoms with Gasteiger partial charge in [-0.3, -0.25) is 0 Å². The first-order chi connectivity index (χ1) is 10.1. The van der Waals surface area contributed by atoms with Gasteiger partial charge in [0.2, 0.25) is 0 Å². The average molecular weight is 284 g/mol. The number of hydrogen-bond donors (Lipinski definition) is 2. The van der Waals surface area contributed by atoms with E-state index in [1.807, 2.05) is 13.0 Å². The molecule has 2 N–H and O–H groups in total. The van der Waals surface area contributed by atoms with E-state index in [0.717, 1.165) is 30.4 Å². The lowest BCUT2D eigenvalue weighted by atomic mass is 10.1. The minimum atomic E-state index is 0.207. The van der Waals surface area contributed by atoms with Crippen molar-refractivity contribution in [1.29, 1.82) is 0 Å². The van der Waals surface area contributed by atoms with Gasteiger partial charge in [0.25, 0.3) is 0 Å². The van der Waals surface area contributed by atoms with Crippen LogP contribution < -0.4 is 10.6 Å². The highest BCUT2D eigenvalue weighted by Crippen LogP contribution is 2.20. The topological polar surface area (TPSA) is 49.8 Å². The lowest BCUT2D eigenvalue weighted by Crippen LogP contribution is -2.10. The zero-order valence-electron chi connectivity index (χ0n) is 13.3. The van der Waals surface area contributed by atoms with Crippen molar-refractivity contribution in [2.75, 3.05) is 17.2 Å². The summed E-state index contributed by atoms with van der Waals surface area (Å²) in [7, 11) is 0. The third-order valence-corrected chi connectivity index (χ3v) is 3.34. The standard InChI is InChI=1S/C17H24N4/c1-5-10-18-16-11-17(21-14(4)20-16)19-13(3)15-8-6-12(2)7-9-15/h6-9,11,13H,5,10H2,1-4H3,(H2,18,19,20,21). The molecule has 1 unspecified atom stereocenters. The quantitative estimate of drug-likeness (QED) is 0.839. The summed E-state index contributed by atoms with van der Waals surface area (Å²) in [5.41, 5.74) is 2.52. The molecule has 2 aromatic rings. The minimum Gasteiger partial charge on any atom is -0.370 e. The molecule has 4 nitrogen and oxygen atoms in total. The van der Waals surface area contributed by atoms with E-state index in [9.17, 15) is 0 Å². The number of nitrogens with zero attached hydrogens (tertiary/aromatic N) is 2. The van der Waals surface area contributed by atoms with Gasteiger partial charge in [0.05, 0.1) is 0 Å². The van der Waals surface area contributed by atoms with E-state index in [0.29, 0.717) is 0 Å². The molecule has 0 aliphatic rings. The number of benzene rings is 1. The molecule has 1 atom stereocenters. The zero-order chi connectivity index (χ0) is 15.2. The first-order valence-electron chi connectivity index (χ1n) is 7.51. The first-order valence-corrected chi connectivity index (χ1v) is 7.51. The highest BCUT2D eigenvalue weighted by Gasteiger charge is 2.07. The highest BCUT2D eigenvalue weighted by atomic mass is 15.1. The van der Waals surface area contributed by atoms with Crippen molar-refractivity contribution in [3.8, 4) is 0 Å². The van der Waals surface area contributed by atoms with E-state index in [1.54, 1.807) is 0 Å². The van der Waals surface area contributed by atoms with Gasteiger partial charge in [-0.2, -0.15) is 0 Å². The molecule has 0 amide bonds. The SMILES string of the molecule is CCCNc1cc(NC(C)c2ccc(C)cc2)nc(C)n1. The van der Waals surface area contributed by atoms with Crippen LogP contribution in [0.1, 0.15) is 43.3 Å². The van der Waals surface area contributed by atoms with Gasteiger partial charge in [0.1, 0.15) is 17.5 Å². The van der Waals surface area contributed by atoms with Crippen LogP contribution in [0.4, 0.5) is 11.6 Å². The second-order valence-electron chi connectivity index (χ2n) is 5.39. The van der Waals surface area contributed by atoms with E-state index >= 15 is 0 Å². The van der Waals surface area contributed by atoms with Crippen LogP contribution >= 0.6 is 0 Å². The Kier molecular flexibility index (Phi) is 5.14. The molecule has 0 saturated carbocycles. The molecule has 0 fully saturated rings. The van der Waals surface area contributed by atoms with Crippen molar-refractivity contribution < 1.29 is 0 Å². The molecule has 21 heavy (non-hydrogen) atoms. The summed E-state index contributed by atoms with van der Waals surface area (Å²) in [6, 6.07) is 10.7. The van der Waals surface area contributed by atoms with Crippen molar-refractivity contribution in [3.63, 3.8) is 0 Å². The third-order valence-electron chi connectivity index (χ3n) is 3.34. The molecule has 0 spiro atoms. The summed E-state index contributed by atoms with van der Waals surface area (Å²) in [5, 5.41) is 6.75. The van der Waals surface area contributed by atoms with Gasteiger partial charge in [-0.05, 0) is 32.8 Å². The van der Waals surface area contributed by atoms with Gasteiger partial charge in [0.15, 0.2) is 0 Å². The lowest BCUT2D eigenvalue weighted by Gasteiger charge is -2.16. The van der Waals surface area contributed by atoms with Gasteiger partial charge < -0.3 is 10.6 Å². The Hall–Kier alpha value is -2.10. The van der Waals surface area contributed by atoms with Crippen LogP contribution in [0.3, 0.4) is 0 Å². The fraction of sp³-hybridized carbons (Fsp3) is 0.412. The number of aromatic nitrogens is 2. The van der Waals surface area contributed by atoms with Crippen molar-refractivity contribution in [3.05, 3.63) is 47.3 Å². The fourth-order valence-corrected chi connectivity index (χ4v) is 2.15. The second kappa shape index (κ2) is 7.07. The Morgan fingerprint density at radius 2 is 1.71 bits per heavy atom. The molecule has 1 aromatic heterocycles. The van der Waals surface area contributed by atoms with E-state index < -0.39 is 0 Å². The van der Waals surface area contributed by atoms with Crippen LogP contribution in [-0.2, 0) is 0 Å². The van der Waals surface area contributed by atoms with Crippen LogP contribution in [0, 0.1) is 13.8 Å². The molecule has 2 rings (SSSR count). The summed E-state index contributed by atoms with van der Waals surface area (Å²) in [6.07, 6.45) is 1.07. The summed E-state index contributed by atoms with van der Waals surface area (Å²) in [5.74, 6) is 2.51. The molecule has 0 radical (unpaired) electrons. The van der Waals surface area contributed by atoms with Crippen LogP contribution in [-0.4, -0.2) is 16.5 Å².